The van der Waals surface area contributed by atoms with Crippen molar-refractivity contribution < 1.29 is 38.6 Å². The maximum atomic E-state index is 12.8. The van der Waals surface area contributed by atoms with E-state index in [1.165, 1.54) is 6.07 Å². The van der Waals surface area contributed by atoms with E-state index in [9.17, 15) is 24.3 Å². The van der Waals surface area contributed by atoms with Crippen LogP contribution in [0.5, 0.6) is 0 Å². The molecule has 0 aromatic heterocycles. The Bertz CT molecular complexity index is 1140. The van der Waals surface area contributed by atoms with Crippen molar-refractivity contribution in [1.29, 1.82) is 0 Å². The summed E-state index contributed by atoms with van der Waals surface area (Å²) in [6.45, 7) is 6.90. The standard InChI is InChI=1S/C26H30N2O8/c1-16-8-7-9-17(14-16)15-34-24(32)20(27-25(33)35-26(2,3)4)12-13-21(29)36-28-22(30)18-10-5-6-11-19(18)23(28)31/h5-11,14,20,22,30H,12-13,15H2,1-4H3,(H,27,33)/t20-,22?/m0/s1. The number of ether oxygens (including phenoxy) is 2. The maximum Gasteiger partial charge on any atom is 0.408 e. The second-order valence-electron chi connectivity index (χ2n) is 9.39. The normalized spacial score (nSPS) is 15.6. The monoisotopic (exact) mass is 498 g/mol. The summed E-state index contributed by atoms with van der Waals surface area (Å²) in [4.78, 5) is 55.1. The summed E-state index contributed by atoms with van der Waals surface area (Å²) in [5.41, 5.74) is 1.50. The van der Waals surface area contributed by atoms with Crippen molar-refractivity contribution in [3.8, 4) is 0 Å². The second-order valence-corrected chi connectivity index (χ2v) is 9.39. The number of nitrogens with zero attached hydrogens (tertiary/aromatic N) is 1. The number of nitrogens with one attached hydrogen (secondary N) is 1. The van der Waals surface area contributed by atoms with Gasteiger partial charge in [-0.15, -0.1) is 5.06 Å². The van der Waals surface area contributed by atoms with Crippen LogP contribution in [0.1, 0.15) is 66.9 Å². The highest BCUT2D eigenvalue weighted by Gasteiger charge is 2.38. The quantitative estimate of drug-likeness (QED) is 0.530. The van der Waals surface area contributed by atoms with Crippen LogP contribution >= 0.6 is 0 Å². The molecule has 1 aliphatic rings. The summed E-state index contributed by atoms with van der Waals surface area (Å²) in [6, 6.07) is 12.5. The smallest absolute Gasteiger partial charge is 0.408 e. The fourth-order valence-electron chi connectivity index (χ4n) is 3.54. The number of hydrogen-bond donors (Lipinski definition) is 2. The molecule has 0 spiro atoms. The molecule has 192 valence electrons. The topological polar surface area (TPSA) is 131 Å². The van der Waals surface area contributed by atoms with E-state index in [0.29, 0.717) is 10.6 Å². The molecule has 36 heavy (non-hydrogen) atoms. The van der Waals surface area contributed by atoms with Gasteiger partial charge in [0.2, 0.25) is 0 Å². The Morgan fingerprint density at radius 3 is 2.50 bits per heavy atom. The van der Waals surface area contributed by atoms with E-state index < -0.39 is 41.8 Å². The molecule has 0 saturated heterocycles. The number of aryl methyl sites for hydroxylation is 1. The SMILES string of the molecule is Cc1cccc(COC(=O)[C@H](CCC(=O)ON2C(=O)c3ccccc3C2O)NC(=O)OC(C)(C)C)c1. The fraction of sp³-hybridized carbons (Fsp3) is 0.385. The molecule has 0 aliphatic carbocycles. The molecule has 1 aliphatic heterocycles. The summed E-state index contributed by atoms with van der Waals surface area (Å²) >= 11 is 0. The van der Waals surface area contributed by atoms with Crippen LogP contribution in [-0.2, 0) is 30.5 Å². The van der Waals surface area contributed by atoms with Crippen LogP contribution in [0.25, 0.3) is 0 Å². The van der Waals surface area contributed by atoms with Crippen molar-refractivity contribution in [1.82, 2.24) is 10.4 Å². The average Bonchev–Trinajstić information content (AvgIpc) is 3.04. The summed E-state index contributed by atoms with van der Waals surface area (Å²) in [5.74, 6) is -2.30. The molecule has 3 rings (SSSR count). The molecule has 0 radical (unpaired) electrons. The Morgan fingerprint density at radius 1 is 1.11 bits per heavy atom. The molecule has 2 atom stereocenters. The third kappa shape index (κ3) is 7.05. The third-order valence-electron chi connectivity index (χ3n) is 5.17. The van der Waals surface area contributed by atoms with Crippen molar-refractivity contribution >= 4 is 23.9 Å². The predicted molar refractivity (Wildman–Crippen MR) is 127 cm³/mol. The molecule has 10 nitrogen and oxygen atoms in total. The number of hydroxylamine groups is 2. The van der Waals surface area contributed by atoms with Crippen molar-refractivity contribution in [3.05, 3.63) is 70.8 Å². The zero-order valence-corrected chi connectivity index (χ0v) is 20.6. The van der Waals surface area contributed by atoms with Gasteiger partial charge in [0.25, 0.3) is 5.91 Å². The van der Waals surface area contributed by atoms with Crippen LogP contribution < -0.4 is 5.32 Å². The van der Waals surface area contributed by atoms with Gasteiger partial charge in [-0.05, 0) is 45.7 Å². The van der Waals surface area contributed by atoms with Gasteiger partial charge < -0.3 is 24.7 Å². The van der Waals surface area contributed by atoms with Crippen LogP contribution in [0.15, 0.2) is 48.5 Å². The van der Waals surface area contributed by atoms with Crippen molar-refractivity contribution in [2.75, 3.05) is 0 Å². The summed E-state index contributed by atoms with van der Waals surface area (Å²) in [5, 5.41) is 13.3. The number of amides is 2. The van der Waals surface area contributed by atoms with E-state index in [1.807, 2.05) is 25.1 Å². The van der Waals surface area contributed by atoms with E-state index in [2.05, 4.69) is 5.32 Å². The minimum absolute atomic E-state index is 0.0236. The molecule has 0 fully saturated rings. The molecule has 2 aromatic rings. The highest BCUT2D eigenvalue weighted by molar-refractivity contribution is 5.98. The van der Waals surface area contributed by atoms with Crippen molar-refractivity contribution in [2.45, 2.75) is 65.0 Å². The van der Waals surface area contributed by atoms with E-state index in [0.717, 1.165) is 11.1 Å². The van der Waals surface area contributed by atoms with E-state index in [4.69, 9.17) is 14.3 Å². The number of aliphatic hydroxyl groups is 1. The first-order valence-electron chi connectivity index (χ1n) is 11.5. The van der Waals surface area contributed by atoms with Crippen LogP contribution in [0.3, 0.4) is 0 Å². The lowest BCUT2D eigenvalue weighted by atomic mass is 10.1. The number of hydrogen-bond acceptors (Lipinski definition) is 8. The number of fused-ring (bicyclic) bond motifs is 1. The van der Waals surface area contributed by atoms with Crippen LogP contribution in [0.4, 0.5) is 4.79 Å². The number of aliphatic hydroxyl groups excluding tert-OH is 1. The Kier molecular flexibility index (Phi) is 8.31. The van der Waals surface area contributed by atoms with Gasteiger partial charge in [0.15, 0.2) is 6.23 Å². The first kappa shape index (κ1) is 26.7. The molecule has 2 aromatic carbocycles. The number of benzene rings is 2. The number of esters is 1. The lowest BCUT2D eigenvalue weighted by molar-refractivity contribution is -0.208. The Labute approximate surface area is 209 Å². The zero-order valence-electron chi connectivity index (χ0n) is 20.6. The van der Waals surface area contributed by atoms with E-state index >= 15 is 0 Å². The summed E-state index contributed by atoms with van der Waals surface area (Å²) in [7, 11) is 0. The van der Waals surface area contributed by atoms with Gasteiger partial charge >= 0.3 is 18.0 Å². The van der Waals surface area contributed by atoms with Gasteiger partial charge in [-0.2, -0.15) is 0 Å². The van der Waals surface area contributed by atoms with Crippen molar-refractivity contribution in [3.63, 3.8) is 0 Å². The fourth-order valence-corrected chi connectivity index (χ4v) is 3.54. The average molecular weight is 499 g/mol. The van der Waals surface area contributed by atoms with Gasteiger partial charge in [0.05, 0.1) is 12.0 Å². The van der Waals surface area contributed by atoms with E-state index in [1.54, 1.807) is 45.0 Å². The Morgan fingerprint density at radius 2 is 1.83 bits per heavy atom. The molecule has 10 heteroatoms. The highest BCUT2D eigenvalue weighted by atomic mass is 16.7. The molecule has 2 amide bonds. The zero-order chi connectivity index (χ0) is 26.5. The molecule has 0 saturated carbocycles. The van der Waals surface area contributed by atoms with Gasteiger partial charge in [-0.25, -0.2) is 14.4 Å². The molecule has 2 N–H and O–H groups in total. The Balaban J connectivity index is 1.61. The minimum Gasteiger partial charge on any atom is -0.459 e. The van der Waals surface area contributed by atoms with Crippen LogP contribution in [-0.4, -0.2) is 45.8 Å². The first-order chi connectivity index (χ1) is 16.9. The van der Waals surface area contributed by atoms with Gasteiger partial charge in [0, 0.05) is 5.56 Å². The molecule has 0 bridgehead atoms. The molecular formula is C26H30N2O8. The highest BCUT2D eigenvalue weighted by Crippen LogP contribution is 2.31. The van der Waals surface area contributed by atoms with Crippen LogP contribution in [0.2, 0.25) is 0 Å². The lowest BCUT2D eigenvalue weighted by Gasteiger charge is -2.23. The first-order valence-corrected chi connectivity index (χ1v) is 11.5. The maximum absolute atomic E-state index is 12.8. The van der Waals surface area contributed by atoms with Gasteiger partial charge in [-0.1, -0.05) is 48.0 Å². The summed E-state index contributed by atoms with van der Waals surface area (Å²) < 4.78 is 10.6. The third-order valence-corrected chi connectivity index (χ3v) is 5.17. The summed E-state index contributed by atoms with van der Waals surface area (Å²) in [6.07, 6.45) is -2.83. The molecule has 1 heterocycles. The minimum atomic E-state index is -1.44. The van der Waals surface area contributed by atoms with Crippen molar-refractivity contribution in [2.24, 2.45) is 0 Å². The Hall–Kier alpha value is -3.92. The number of alkyl carbamates (subject to hydrolysis) is 1. The van der Waals surface area contributed by atoms with E-state index in [-0.39, 0.29) is 25.0 Å². The second kappa shape index (κ2) is 11.2. The number of carbonyl (C=O) groups excluding carboxylic acids is 4. The predicted octanol–water partition coefficient (Wildman–Crippen LogP) is 3.32. The van der Waals surface area contributed by atoms with Crippen LogP contribution in [0, 0.1) is 6.92 Å². The lowest BCUT2D eigenvalue weighted by Crippen LogP contribution is -2.44. The largest absolute Gasteiger partial charge is 0.459 e. The number of carbonyl (C=O) groups is 4. The molecular weight excluding hydrogens is 468 g/mol. The van der Waals surface area contributed by atoms with Gasteiger partial charge in [0.1, 0.15) is 18.2 Å². The molecule has 1 unspecified atom stereocenters. The van der Waals surface area contributed by atoms with Gasteiger partial charge in [-0.3, -0.25) is 4.79 Å². The number of rotatable bonds is 8.